The summed E-state index contributed by atoms with van der Waals surface area (Å²) >= 11 is 5.96. The molecule has 3 aromatic rings. The lowest BCUT2D eigenvalue weighted by atomic mass is 10.0. The van der Waals surface area contributed by atoms with E-state index in [1.165, 1.54) is 11.3 Å². The molecule has 0 aliphatic carbocycles. The quantitative estimate of drug-likeness (QED) is 0.496. The third-order valence-electron chi connectivity index (χ3n) is 4.66. The summed E-state index contributed by atoms with van der Waals surface area (Å²) in [6.45, 7) is 6.37. The molecule has 2 nitrogen and oxygen atoms in total. The van der Waals surface area contributed by atoms with Gasteiger partial charge in [0.25, 0.3) is 0 Å². The summed E-state index contributed by atoms with van der Waals surface area (Å²) < 4.78 is 2.27. The Morgan fingerprint density at radius 3 is 2.46 bits per heavy atom. The topological polar surface area (TPSA) is 28.7 Å². The van der Waals surface area contributed by atoms with Crippen molar-refractivity contribution in [1.82, 2.24) is 4.57 Å². The molecule has 0 fully saturated rings. The molecule has 0 saturated heterocycles. The van der Waals surface area contributed by atoms with Crippen molar-refractivity contribution in [3.05, 3.63) is 87.7 Å². The Hall–Kier alpha value is -2.76. The number of para-hydroxylation sites is 1. The summed E-state index contributed by atoms with van der Waals surface area (Å²) in [4.78, 5) is 0. The summed E-state index contributed by atoms with van der Waals surface area (Å²) in [7, 11) is 0. The third kappa shape index (κ3) is 3.45. The molecular formula is C23H21ClN2. The fourth-order valence-corrected chi connectivity index (χ4v) is 3.42. The molecule has 0 aliphatic heterocycles. The van der Waals surface area contributed by atoms with Crippen LogP contribution in [0, 0.1) is 25.2 Å². The first kappa shape index (κ1) is 18.0. The van der Waals surface area contributed by atoms with Crippen molar-refractivity contribution in [2.45, 2.75) is 27.2 Å². The second kappa shape index (κ2) is 7.64. The van der Waals surface area contributed by atoms with Crippen LogP contribution in [0.2, 0.25) is 5.02 Å². The van der Waals surface area contributed by atoms with Crippen molar-refractivity contribution in [2.24, 2.45) is 0 Å². The van der Waals surface area contributed by atoms with E-state index >= 15 is 0 Å². The van der Waals surface area contributed by atoms with Crippen LogP contribution >= 0.6 is 11.6 Å². The van der Waals surface area contributed by atoms with E-state index in [0.717, 1.165) is 28.9 Å². The smallest absolute Gasteiger partial charge is 0.0998 e. The molecule has 3 rings (SSSR count). The number of nitrogens with zero attached hydrogens (tertiary/aromatic N) is 2. The number of rotatable bonds is 4. The standard InChI is InChI=1S/C23H21ClN2/c1-4-18-7-5-6-8-23(18)26-16(2)13-20(17(26)3)14-21(15-25)19-9-11-22(24)12-10-19/h5-14H,4H2,1-3H3/b21-14-. The van der Waals surface area contributed by atoms with Crippen LogP contribution in [0.15, 0.2) is 54.6 Å². The summed E-state index contributed by atoms with van der Waals surface area (Å²) in [6.07, 6.45) is 2.93. The van der Waals surface area contributed by atoms with Gasteiger partial charge in [-0.05, 0) is 67.3 Å². The van der Waals surface area contributed by atoms with Crippen LogP contribution < -0.4 is 0 Å². The maximum atomic E-state index is 9.62. The SMILES string of the molecule is CCc1ccccc1-n1c(C)cc(/C=C(/C#N)c2ccc(Cl)cc2)c1C. The lowest BCUT2D eigenvalue weighted by Gasteiger charge is -2.14. The second-order valence-corrected chi connectivity index (χ2v) is 6.76. The normalized spacial score (nSPS) is 11.4. The van der Waals surface area contributed by atoms with Crippen LogP contribution in [0.4, 0.5) is 0 Å². The minimum Gasteiger partial charge on any atom is -0.318 e. The second-order valence-electron chi connectivity index (χ2n) is 6.32. The van der Waals surface area contributed by atoms with Gasteiger partial charge in [-0.25, -0.2) is 0 Å². The number of benzene rings is 2. The van der Waals surface area contributed by atoms with Crippen LogP contribution in [-0.2, 0) is 6.42 Å². The average molecular weight is 361 g/mol. The molecule has 0 bridgehead atoms. The first-order valence-electron chi connectivity index (χ1n) is 8.70. The maximum absolute atomic E-state index is 9.62. The van der Waals surface area contributed by atoms with Gasteiger partial charge < -0.3 is 4.57 Å². The van der Waals surface area contributed by atoms with E-state index in [4.69, 9.17) is 11.6 Å². The predicted molar refractivity (Wildman–Crippen MR) is 110 cm³/mol. The molecule has 0 radical (unpaired) electrons. The Balaban J connectivity index is 2.10. The summed E-state index contributed by atoms with van der Waals surface area (Å²) in [5, 5.41) is 10.3. The number of hydrogen-bond acceptors (Lipinski definition) is 1. The van der Waals surface area contributed by atoms with Crippen LogP contribution in [0.25, 0.3) is 17.3 Å². The third-order valence-corrected chi connectivity index (χ3v) is 4.91. The zero-order chi connectivity index (χ0) is 18.7. The van der Waals surface area contributed by atoms with E-state index in [0.29, 0.717) is 10.6 Å². The van der Waals surface area contributed by atoms with Crippen molar-refractivity contribution < 1.29 is 0 Å². The van der Waals surface area contributed by atoms with Crippen molar-refractivity contribution >= 4 is 23.3 Å². The van der Waals surface area contributed by atoms with E-state index in [1.807, 2.05) is 30.3 Å². The highest BCUT2D eigenvalue weighted by Gasteiger charge is 2.13. The highest BCUT2D eigenvalue weighted by molar-refractivity contribution is 6.30. The van der Waals surface area contributed by atoms with Gasteiger partial charge in [-0.2, -0.15) is 5.26 Å². The van der Waals surface area contributed by atoms with Gasteiger partial charge in [0.1, 0.15) is 0 Å². The van der Waals surface area contributed by atoms with Crippen molar-refractivity contribution in [3.8, 4) is 11.8 Å². The predicted octanol–water partition coefficient (Wildman–Crippen LogP) is 6.37. The molecule has 0 unspecified atom stereocenters. The zero-order valence-electron chi connectivity index (χ0n) is 15.3. The Bertz CT molecular complexity index is 1000. The van der Waals surface area contributed by atoms with Gasteiger partial charge in [-0.15, -0.1) is 0 Å². The number of allylic oxidation sites excluding steroid dienone is 1. The largest absolute Gasteiger partial charge is 0.318 e. The summed E-state index contributed by atoms with van der Waals surface area (Å²) in [5.41, 5.74) is 7.35. The Morgan fingerprint density at radius 1 is 1.12 bits per heavy atom. The number of nitriles is 1. The molecule has 3 heteroatoms. The fourth-order valence-electron chi connectivity index (χ4n) is 3.30. The lowest BCUT2D eigenvalue weighted by Crippen LogP contribution is -2.02. The Kier molecular flexibility index (Phi) is 5.30. The van der Waals surface area contributed by atoms with Crippen molar-refractivity contribution in [1.29, 1.82) is 5.26 Å². The molecule has 0 aliphatic rings. The fraction of sp³-hybridized carbons (Fsp3) is 0.174. The van der Waals surface area contributed by atoms with E-state index < -0.39 is 0 Å². The molecule has 130 valence electrons. The molecule has 0 spiro atoms. The molecule has 1 aromatic heterocycles. The van der Waals surface area contributed by atoms with Gasteiger partial charge in [0.2, 0.25) is 0 Å². The molecule has 2 aromatic carbocycles. The molecule has 0 saturated carbocycles. The van der Waals surface area contributed by atoms with Crippen LogP contribution in [0.3, 0.4) is 0 Å². The van der Waals surface area contributed by atoms with Crippen molar-refractivity contribution in [2.75, 3.05) is 0 Å². The van der Waals surface area contributed by atoms with Gasteiger partial charge in [0.15, 0.2) is 0 Å². The molecule has 0 atom stereocenters. The van der Waals surface area contributed by atoms with Crippen molar-refractivity contribution in [3.63, 3.8) is 0 Å². The number of hydrogen-bond donors (Lipinski definition) is 0. The van der Waals surface area contributed by atoms with Crippen LogP contribution in [0.1, 0.15) is 35.0 Å². The van der Waals surface area contributed by atoms with Gasteiger partial charge in [0.05, 0.1) is 11.6 Å². The van der Waals surface area contributed by atoms with E-state index in [2.05, 4.69) is 61.7 Å². The Morgan fingerprint density at radius 2 is 1.81 bits per heavy atom. The monoisotopic (exact) mass is 360 g/mol. The van der Waals surface area contributed by atoms with Gasteiger partial charge in [0, 0.05) is 22.1 Å². The maximum Gasteiger partial charge on any atom is 0.0998 e. The van der Waals surface area contributed by atoms with Crippen LogP contribution in [0.5, 0.6) is 0 Å². The van der Waals surface area contributed by atoms with E-state index in [9.17, 15) is 5.26 Å². The average Bonchev–Trinajstić information content (AvgIpc) is 2.93. The summed E-state index contributed by atoms with van der Waals surface area (Å²) in [6, 6.07) is 20.3. The van der Waals surface area contributed by atoms with Gasteiger partial charge >= 0.3 is 0 Å². The molecular weight excluding hydrogens is 340 g/mol. The number of aryl methyl sites for hydroxylation is 2. The molecule has 0 N–H and O–H groups in total. The van der Waals surface area contributed by atoms with Gasteiger partial charge in [-0.1, -0.05) is 48.9 Å². The Labute approximate surface area is 160 Å². The minimum absolute atomic E-state index is 0.630. The first-order chi connectivity index (χ1) is 12.5. The first-order valence-corrected chi connectivity index (χ1v) is 9.08. The van der Waals surface area contributed by atoms with E-state index in [-0.39, 0.29) is 0 Å². The molecule has 26 heavy (non-hydrogen) atoms. The highest BCUT2D eigenvalue weighted by atomic mass is 35.5. The molecule has 1 heterocycles. The summed E-state index contributed by atoms with van der Waals surface area (Å²) in [5.74, 6) is 0. The molecule has 0 amide bonds. The lowest BCUT2D eigenvalue weighted by molar-refractivity contribution is 0.936. The highest BCUT2D eigenvalue weighted by Crippen LogP contribution is 2.27. The minimum atomic E-state index is 0.630. The zero-order valence-corrected chi connectivity index (χ0v) is 16.0. The van der Waals surface area contributed by atoms with Crippen LogP contribution in [-0.4, -0.2) is 4.57 Å². The number of halogens is 1. The number of aromatic nitrogens is 1. The van der Waals surface area contributed by atoms with Gasteiger partial charge in [-0.3, -0.25) is 0 Å². The van der Waals surface area contributed by atoms with E-state index in [1.54, 1.807) is 0 Å².